The van der Waals surface area contributed by atoms with Gasteiger partial charge in [-0.3, -0.25) is 18.7 Å². The molecule has 1 fully saturated rings. The zero-order valence-electron chi connectivity index (χ0n) is 21.4. The number of carbonyl (C=O) groups excluding carboxylic acids is 1. The van der Waals surface area contributed by atoms with Gasteiger partial charge in [0.05, 0.1) is 18.6 Å². The molecule has 1 unspecified atom stereocenters. The van der Waals surface area contributed by atoms with Gasteiger partial charge in [0.1, 0.15) is 22.7 Å². The molecule has 1 amide bonds. The molecule has 190 valence electrons. The van der Waals surface area contributed by atoms with Gasteiger partial charge in [0.2, 0.25) is 0 Å². The fourth-order valence-corrected chi connectivity index (χ4v) is 4.96. The van der Waals surface area contributed by atoms with Gasteiger partial charge in [-0.05, 0) is 39.7 Å². The molecule has 0 spiro atoms. The molecule has 36 heavy (non-hydrogen) atoms. The Morgan fingerprint density at radius 1 is 1.19 bits per heavy atom. The van der Waals surface area contributed by atoms with Crippen molar-refractivity contribution in [3.63, 3.8) is 0 Å². The second-order valence-corrected chi connectivity index (χ2v) is 9.14. The number of nitrogens with one attached hydrogen (secondary N) is 1. The Morgan fingerprint density at radius 3 is 2.50 bits per heavy atom. The quantitative estimate of drug-likeness (QED) is 0.489. The van der Waals surface area contributed by atoms with Gasteiger partial charge in [-0.2, -0.15) is 0 Å². The smallest absolute Gasteiger partial charge is 0.331 e. The molecule has 11 nitrogen and oxygen atoms in total. The molecule has 1 saturated heterocycles. The average Bonchev–Trinajstić information content (AvgIpc) is 3.18. The van der Waals surface area contributed by atoms with Crippen LogP contribution in [0.4, 0.5) is 5.82 Å². The van der Waals surface area contributed by atoms with Gasteiger partial charge in [0, 0.05) is 44.6 Å². The molecule has 4 rings (SSSR count). The van der Waals surface area contributed by atoms with Crippen LogP contribution in [0.25, 0.3) is 11.0 Å². The number of fused-ring (bicyclic) bond motifs is 1. The molecule has 1 atom stereocenters. The lowest BCUT2D eigenvalue weighted by atomic mass is 10.1. The number of aryl methyl sites for hydroxylation is 3. The lowest BCUT2D eigenvalue weighted by Crippen LogP contribution is -2.44. The molecule has 3 N–H and O–H groups in total. The van der Waals surface area contributed by atoms with Crippen LogP contribution in [0.5, 0.6) is 0 Å². The van der Waals surface area contributed by atoms with E-state index in [1.165, 1.54) is 11.6 Å². The number of nitrogens with zero attached hydrogens (tertiary/aromatic N) is 6. The van der Waals surface area contributed by atoms with Gasteiger partial charge in [0.15, 0.2) is 0 Å². The maximum Gasteiger partial charge on any atom is 0.331 e. The van der Waals surface area contributed by atoms with Crippen LogP contribution in [0.1, 0.15) is 47.3 Å². The third-order valence-corrected chi connectivity index (χ3v) is 6.46. The Morgan fingerprint density at radius 2 is 1.89 bits per heavy atom. The first-order chi connectivity index (χ1) is 17.2. The molecule has 0 aliphatic carbocycles. The number of rotatable bonds is 5. The van der Waals surface area contributed by atoms with Gasteiger partial charge in [-0.1, -0.05) is 5.92 Å². The Balaban J connectivity index is 2.08. The van der Waals surface area contributed by atoms with Crippen molar-refractivity contribution in [2.75, 3.05) is 25.0 Å². The Hall–Kier alpha value is -3.91. The molecular weight excluding hydrogens is 460 g/mol. The van der Waals surface area contributed by atoms with E-state index >= 15 is 0 Å². The highest BCUT2D eigenvalue weighted by atomic mass is 16.2. The number of piperidine rings is 1. The summed E-state index contributed by atoms with van der Waals surface area (Å²) in [6.07, 6.45) is 1.73. The van der Waals surface area contributed by atoms with Crippen LogP contribution in [0, 0.1) is 25.7 Å². The Labute approximate surface area is 208 Å². The van der Waals surface area contributed by atoms with Crippen molar-refractivity contribution in [1.82, 2.24) is 29.0 Å². The first-order valence-electron chi connectivity index (χ1n) is 12.0. The van der Waals surface area contributed by atoms with E-state index in [4.69, 9.17) is 5.73 Å². The minimum Gasteiger partial charge on any atom is -0.356 e. The lowest BCUT2D eigenvalue weighted by molar-refractivity contribution is 0.0964. The van der Waals surface area contributed by atoms with Crippen LogP contribution in [0.2, 0.25) is 0 Å². The van der Waals surface area contributed by atoms with Crippen molar-refractivity contribution in [2.45, 2.75) is 52.7 Å². The van der Waals surface area contributed by atoms with Crippen molar-refractivity contribution in [3.05, 3.63) is 49.7 Å². The number of nitrogens with two attached hydrogens (primary N) is 1. The fraction of sp³-hybridized carbons (Fsp3) is 0.480. The zero-order chi connectivity index (χ0) is 26.1. The predicted molar refractivity (Wildman–Crippen MR) is 138 cm³/mol. The van der Waals surface area contributed by atoms with Crippen molar-refractivity contribution in [3.8, 4) is 11.8 Å². The molecule has 1 aliphatic heterocycles. The topological polar surface area (TPSA) is 133 Å². The molecule has 1 aliphatic rings. The molecule has 0 aromatic carbocycles. The van der Waals surface area contributed by atoms with Crippen LogP contribution < -0.4 is 27.2 Å². The summed E-state index contributed by atoms with van der Waals surface area (Å²) in [5.74, 6) is 6.43. The molecule has 0 radical (unpaired) electrons. The SMILES string of the molecule is CC#CCn1c(N2CCCC(N)C2)c(C(=O)NC)c2c1c(=O)n(Cc1nc(C)cc(C)n1)c(=O)n2C. The van der Waals surface area contributed by atoms with E-state index in [0.29, 0.717) is 24.7 Å². The van der Waals surface area contributed by atoms with E-state index in [-0.39, 0.29) is 41.6 Å². The summed E-state index contributed by atoms with van der Waals surface area (Å²) in [6, 6.07) is 1.76. The summed E-state index contributed by atoms with van der Waals surface area (Å²) < 4.78 is 4.22. The highest BCUT2D eigenvalue weighted by Crippen LogP contribution is 2.32. The van der Waals surface area contributed by atoms with E-state index in [0.717, 1.165) is 28.8 Å². The highest BCUT2D eigenvalue weighted by Gasteiger charge is 2.32. The van der Waals surface area contributed by atoms with Crippen LogP contribution in [-0.2, 0) is 20.1 Å². The third-order valence-electron chi connectivity index (χ3n) is 6.46. The van der Waals surface area contributed by atoms with Gasteiger partial charge in [-0.25, -0.2) is 14.8 Å². The largest absolute Gasteiger partial charge is 0.356 e. The number of anilines is 1. The van der Waals surface area contributed by atoms with Crippen molar-refractivity contribution >= 4 is 22.8 Å². The summed E-state index contributed by atoms with van der Waals surface area (Å²) in [5.41, 5.74) is 7.46. The maximum absolute atomic E-state index is 13.9. The van der Waals surface area contributed by atoms with Crippen LogP contribution in [0.15, 0.2) is 15.7 Å². The maximum atomic E-state index is 13.9. The van der Waals surface area contributed by atoms with E-state index < -0.39 is 11.2 Å². The van der Waals surface area contributed by atoms with E-state index in [1.54, 1.807) is 18.5 Å². The fourth-order valence-electron chi connectivity index (χ4n) is 4.96. The molecular formula is C25H32N8O3. The molecule has 4 heterocycles. The second kappa shape index (κ2) is 9.99. The second-order valence-electron chi connectivity index (χ2n) is 9.14. The van der Waals surface area contributed by atoms with Gasteiger partial charge < -0.3 is 20.5 Å². The molecule has 3 aromatic heterocycles. The standard InChI is InChI=1S/C25H32N8O3/c1-6-7-11-32-21-20(19(22(34)27-4)23(32)31-10-8-9-17(26)13-31)30(5)25(36)33(24(21)35)14-18-28-15(2)12-16(3)29-18/h12,17H,8-11,13-14,26H2,1-5H3,(H,27,34). The normalized spacial score (nSPS) is 15.6. The summed E-state index contributed by atoms with van der Waals surface area (Å²) >= 11 is 0. The number of aromatic nitrogens is 5. The monoisotopic (exact) mass is 492 g/mol. The number of amides is 1. The Kier molecular flexibility index (Phi) is 6.99. The highest BCUT2D eigenvalue weighted by molar-refractivity contribution is 6.11. The molecule has 11 heteroatoms. The number of hydrogen-bond donors (Lipinski definition) is 2. The molecule has 0 bridgehead atoms. The predicted octanol–water partition coefficient (Wildman–Crippen LogP) is 0.267. The summed E-state index contributed by atoms with van der Waals surface area (Å²) in [5, 5.41) is 2.68. The number of hydrogen-bond acceptors (Lipinski definition) is 7. The average molecular weight is 493 g/mol. The summed E-state index contributed by atoms with van der Waals surface area (Å²) in [4.78, 5) is 51.5. The number of carbonyl (C=O) groups is 1. The van der Waals surface area contributed by atoms with Gasteiger partial charge in [0.25, 0.3) is 11.5 Å². The summed E-state index contributed by atoms with van der Waals surface area (Å²) in [7, 11) is 3.09. The van der Waals surface area contributed by atoms with E-state index in [9.17, 15) is 14.4 Å². The third kappa shape index (κ3) is 4.40. The van der Waals surface area contributed by atoms with Crippen molar-refractivity contribution < 1.29 is 4.79 Å². The van der Waals surface area contributed by atoms with Crippen LogP contribution >= 0.6 is 0 Å². The van der Waals surface area contributed by atoms with Crippen molar-refractivity contribution in [1.29, 1.82) is 0 Å². The minimum atomic E-state index is -0.555. The zero-order valence-corrected chi connectivity index (χ0v) is 21.4. The molecule has 3 aromatic rings. The van der Waals surface area contributed by atoms with Gasteiger partial charge >= 0.3 is 5.69 Å². The van der Waals surface area contributed by atoms with E-state index in [2.05, 4.69) is 27.1 Å². The molecule has 0 saturated carbocycles. The summed E-state index contributed by atoms with van der Waals surface area (Å²) in [6.45, 7) is 6.67. The van der Waals surface area contributed by atoms with Crippen molar-refractivity contribution in [2.24, 2.45) is 12.8 Å². The van der Waals surface area contributed by atoms with Crippen LogP contribution in [0.3, 0.4) is 0 Å². The minimum absolute atomic E-state index is 0.0674. The first-order valence-corrected chi connectivity index (χ1v) is 12.0. The first kappa shape index (κ1) is 25.2. The van der Waals surface area contributed by atoms with Gasteiger partial charge in [-0.15, -0.1) is 5.92 Å². The lowest BCUT2D eigenvalue weighted by Gasteiger charge is -2.33. The van der Waals surface area contributed by atoms with E-state index in [1.807, 2.05) is 24.8 Å². The Bertz CT molecular complexity index is 1500. The van der Waals surface area contributed by atoms with Crippen LogP contribution in [-0.4, -0.2) is 55.8 Å².